The van der Waals surface area contributed by atoms with E-state index in [1.165, 1.54) is 12.1 Å². The average molecular weight is 413 g/mol. The van der Waals surface area contributed by atoms with Crippen LogP contribution in [0.15, 0.2) is 78.9 Å². The number of rotatable bonds is 9. The smallest absolute Gasteiger partial charge is 0.387 e. The lowest BCUT2D eigenvalue weighted by Gasteiger charge is -2.17. The van der Waals surface area contributed by atoms with Crippen LogP contribution in [0.3, 0.4) is 0 Å². The van der Waals surface area contributed by atoms with Gasteiger partial charge in [-0.2, -0.15) is 8.78 Å². The number of carbonyl (C=O) groups excluding carboxylic acids is 1. The van der Waals surface area contributed by atoms with Crippen LogP contribution in [0.1, 0.15) is 17.2 Å². The van der Waals surface area contributed by atoms with Gasteiger partial charge in [0.2, 0.25) is 0 Å². The second-order valence-electron chi connectivity index (χ2n) is 6.55. The molecule has 3 N–H and O–H groups in total. The zero-order valence-electron chi connectivity index (χ0n) is 16.4. The van der Waals surface area contributed by atoms with Crippen molar-refractivity contribution in [2.45, 2.75) is 12.7 Å². The molecule has 3 rings (SSSR count). The maximum absolute atomic E-state index is 12.4. The van der Waals surface area contributed by atoms with Crippen molar-refractivity contribution in [3.63, 3.8) is 0 Å². The predicted molar refractivity (Wildman–Crippen MR) is 110 cm³/mol. The number of alkyl halides is 2. The van der Waals surface area contributed by atoms with Gasteiger partial charge in [0.05, 0.1) is 7.11 Å². The van der Waals surface area contributed by atoms with Gasteiger partial charge in [0.15, 0.2) is 6.54 Å². The Hall–Kier alpha value is -3.45. The highest BCUT2D eigenvalue weighted by Crippen LogP contribution is 2.22. The van der Waals surface area contributed by atoms with Crippen molar-refractivity contribution in [1.29, 1.82) is 0 Å². The molecule has 0 fully saturated rings. The molecule has 5 nitrogen and oxygen atoms in total. The van der Waals surface area contributed by atoms with Gasteiger partial charge in [0, 0.05) is 16.8 Å². The predicted octanol–water partition coefficient (Wildman–Crippen LogP) is 3.59. The largest absolute Gasteiger partial charge is 0.497 e. The number of benzene rings is 3. The molecule has 0 aromatic heterocycles. The van der Waals surface area contributed by atoms with Gasteiger partial charge in [-0.1, -0.05) is 30.3 Å². The first-order valence-corrected chi connectivity index (χ1v) is 9.42. The highest BCUT2D eigenvalue weighted by Gasteiger charge is 2.19. The van der Waals surface area contributed by atoms with Crippen LogP contribution in [0.25, 0.3) is 0 Å². The molecule has 0 heterocycles. The quantitative estimate of drug-likeness (QED) is 0.564. The molecule has 0 bridgehead atoms. The van der Waals surface area contributed by atoms with Crippen molar-refractivity contribution in [3.8, 4) is 11.5 Å². The lowest BCUT2D eigenvalue weighted by atomic mass is 9.98. The number of halogens is 2. The van der Waals surface area contributed by atoms with Gasteiger partial charge in [0.1, 0.15) is 17.5 Å². The summed E-state index contributed by atoms with van der Waals surface area (Å²) in [6.07, 6.45) is 0. The SMILES string of the molecule is COc1ccc(NC(=O)C[NH2+][C@H](c2ccccc2)c2ccc(OC(F)F)cc2)cc1. The van der Waals surface area contributed by atoms with Crippen molar-refractivity contribution in [2.24, 2.45) is 0 Å². The zero-order valence-corrected chi connectivity index (χ0v) is 16.4. The molecule has 0 saturated carbocycles. The van der Waals surface area contributed by atoms with Crippen molar-refractivity contribution < 1.29 is 28.4 Å². The first-order chi connectivity index (χ1) is 14.5. The summed E-state index contributed by atoms with van der Waals surface area (Å²) in [5, 5.41) is 4.75. The van der Waals surface area contributed by atoms with Crippen molar-refractivity contribution >= 4 is 11.6 Å². The van der Waals surface area contributed by atoms with E-state index in [1.54, 1.807) is 43.5 Å². The molecule has 0 aliphatic rings. The van der Waals surface area contributed by atoms with Gasteiger partial charge < -0.3 is 20.1 Å². The fourth-order valence-corrected chi connectivity index (χ4v) is 3.09. The molecule has 0 saturated heterocycles. The Morgan fingerprint density at radius 1 is 0.900 bits per heavy atom. The molecule has 1 amide bonds. The monoisotopic (exact) mass is 413 g/mol. The summed E-state index contributed by atoms with van der Waals surface area (Å²) in [6.45, 7) is -2.69. The lowest BCUT2D eigenvalue weighted by molar-refractivity contribution is -0.676. The minimum absolute atomic E-state index is 0.0952. The number of methoxy groups -OCH3 is 1. The summed E-state index contributed by atoms with van der Waals surface area (Å²) < 4.78 is 34.3. The molecule has 1 atom stereocenters. The topological polar surface area (TPSA) is 64.2 Å². The highest BCUT2D eigenvalue weighted by molar-refractivity contribution is 5.91. The van der Waals surface area contributed by atoms with E-state index in [2.05, 4.69) is 10.1 Å². The second kappa shape index (κ2) is 10.4. The van der Waals surface area contributed by atoms with E-state index < -0.39 is 6.61 Å². The fourth-order valence-electron chi connectivity index (χ4n) is 3.09. The Kier molecular flexibility index (Phi) is 7.34. The molecule has 0 aliphatic carbocycles. The van der Waals surface area contributed by atoms with Gasteiger partial charge in [-0.3, -0.25) is 4.79 Å². The molecule has 0 aliphatic heterocycles. The number of quaternary nitrogens is 1. The first kappa shape index (κ1) is 21.3. The van der Waals surface area contributed by atoms with E-state index >= 15 is 0 Å². The number of carbonyl (C=O) groups is 1. The number of nitrogens with two attached hydrogens (primary N) is 1. The van der Waals surface area contributed by atoms with Crippen LogP contribution in [0, 0.1) is 0 Å². The van der Waals surface area contributed by atoms with E-state index in [1.807, 2.05) is 35.6 Å². The molecule has 0 spiro atoms. The van der Waals surface area contributed by atoms with Crippen LogP contribution >= 0.6 is 0 Å². The van der Waals surface area contributed by atoms with Crippen LogP contribution in [0.2, 0.25) is 0 Å². The number of ether oxygens (including phenoxy) is 2. The van der Waals surface area contributed by atoms with Crippen LogP contribution in [-0.4, -0.2) is 26.2 Å². The lowest BCUT2D eigenvalue weighted by Crippen LogP contribution is -2.87. The van der Waals surface area contributed by atoms with Crippen molar-refractivity contribution in [1.82, 2.24) is 0 Å². The maximum Gasteiger partial charge on any atom is 0.387 e. The Morgan fingerprint density at radius 3 is 2.10 bits per heavy atom. The summed E-state index contributed by atoms with van der Waals surface area (Å²) in [4.78, 5) is 12.4. The molecule has 30 heavy (non-hydrogen) atoms. The molecular weight excluding hydrogens is 390 g/mol. The minimum Gasteiger partial charge on any atom is -0.497 e. The standard InChI is InChI=1S/C23H22F2N2O3/c1-29-19-13-9-18(10-14-19)27-21(28)15-26-22(16-5-3-2-4-6-16)17-7-11-20(12-8-17)30-23(24)25/h2-14,22-23,26H,15H2,1H3,(H,27,28)/p+1/t22-/m1/s1. The van der Waals surface area contributed by atoms with Crippen LogP contribution < -0.4 is 20.1 Å². The van der Waals surface area contributed by atoms with E-state index in [9.17, 15) is 13.6 Å². The van der Waals surface area contributed by atoms with Gasteiger partial charge in [-0.25, -0.2) is 0 Å². The third-order valence-electron chi connectivity index (χ3n) is 4.54. The molecular formula is C23H23F2N2O3+. The maximum atomic E-state index is 12.4. The van der Waals surface area contributed by atoms with E-state index in [0.717, 1.165) is 11.1 Å². The zero-order chi connectivity index (χ0) is 21.3. The Bertz CT molecular complexity index is 933. The molecule has 7 heteroatoms. The highest BCUT2D eigenvalue weighted by atomic mass is 19.3. The van der Waals surface area contributed by atoms with Gasteiger partial charge in [-0.05, 0) is 48.5 Å². The van der Waals surface area contributed by atoms with Crippen molar-refractivity contribution in [3.05, 3.63) is 90.0 Å². The number of anilines is 1. The Morgan fingerprint density at radius 2 is 1.50 bits per heavy atom. The molecule has 0 unspecified atom stereocenters. The van der Waals surface area contributed by atoms with Gasteiger partial charge in [-0.15, -0.1) is 0 Å². The minimum atomic E-state index is -2.87. The van der Waals surface area contributed by atoms with Crippen LogP contribution in [0.5, 0.6) is 11.5 Å². The summed E-state index contributed by atoms with van der Waals surface area (Å²) in [7, 11) is 1.58. The number of hydrogen-bond donors (Lipinski definition) is 2. The van der Waals surface area contributed by atoms with E-state index in [0.29, 0.717) is 11.4 Å². The molecule has 3 aromatic rings. The average Bonchev–Trinajstić information content (AvgIpc) is 2.76. The van der Waals surface area contributed by atoms with E-state index in [-0.39, 0.29) is 24.2 Å². The summed E-state index contributed by atoms with van der Waals surface area (Å²) in [6, 6.07) is 23.1. The fraction of sp³-hybridized carbons (Fsp3) is 0.174. The van der Waals surface area contributed by atoms with Crippen LogP contribution in [0.4, 0.5) is 14.5 Å². The van der Waals surface area contributed by atoms with Crippen LogP contribution in [-0.2, 0) is 4.79 Å². The first-order valence-electron chi connectivity index (χ1n) is 9.42. The molecule has 156 valence electrons. The summed E-state index contributed by atoms with van der Waals surface area (Å²) in [5.74, 6) is 0.652. The third-order valence-corrected chi connectivity index (χ3v) is 4.54. The summed E-state index contributed by atoms with van der Waals surface area (Å²) in [5.41, 5.74) is 2.55. The Balaban J connectivity index is 1.69. The number of nitrogens with one attached hydrogen (secondary N) is 1. The van der Waals surface area contributed by atoms with Gasteiger partial charge >= 0.3 is 6.61 Å². The Labute approximate surface area is 173 Å². The van der Waals surface area contributed by atoms with E-state index in [4.69, 9.17) is 4.74 Å². The number of hydrogen-bond acceptors (Lipinski definition) is 3. The van der Waals surface area contributed by atoms with Gasteiger partial charge in [0.25, 0.3) is 5.91 Å². The second-order valence-corrected chi connectivity index (χ2v) is 6.55. The molecule has 3 aromatic carbocycles. The third kappa shape index (κ3) is 6.02. The molecule has 0 radical (unpaired) electrons. The van der Waals surface area contributed by atoms with Crippen molar-refractivity contribution in [2.75, 3.05) is 19.0 Å². The summed E-state index contributed by atoms with van der Waals surface area (Å²) >= 11 is 0. The number of amides is 1. The normalized spacial score (nSPS) is 11.7.